The fourth-order valence-corrected chi connectivity index (χ4v) is 2.46. The molecular weight excluding hydrogens is 405 g/mol. The monoisotopic (exact) mass is 419 g/mol. The van der Waals surface area contributed by atoms with Gasteiger partial charge in [-0.3, -0.25) is 19.3 Å². The predicted octanol–water partition coefficient (Wildman–Crippen LogP) is 2.82. The molecule has 2 amide bonds. The maximum absolute atomic E-state index is 12.3. The Balaban J connectivity index is 1.85. The smallest absolute Gasteiger partial charge is 0.325 e. The summed E-state index contributed by atoms with van der Waals surface area (Å²) in [7, 11) is 0. The maximum atomic E-state index is 12.3. The van der Waals surface area contributed by atoms with Crippen molar-refractivity contribution in [3.63, 3.8) is 0 Å². The van der Waals surface area contributed by atoms with E-state index in [2.05, 4.69) is 5.32 Å². The fourth-order valence-electron chi connectivity index (χ4n) is 2.17. The summed E-state index contributed by atoms with van der Waals surface area (Å²) in [6, 6.07) is 14.7. The summed E-state index contributed by atoms with van der Waals surface area (Å²) in [6.07, 6.45) is 0. The van der Waals surface area contributed by atoms with Crippen LogP contribution in [0.5, 0.6) is 0 Å². The number of hydrogen-bond donors (Lipinski definition) is 1. The number of nitriles is 1. The van der Waals surface area contributed by atoms with Gasteiger partial charge in [-0.2, -0.15) is 5.26 Å². The maximum Gasteiger partial charge on any atom is 0.325 e. The van der Waals surface area contributed by atoms with E-state index in [4.69, 9.17) is 33.2 Å². The van der Waals surface area contributed by atoms with Crippen LogP contribution in [0.3, 0.4) is 0 Å². The second kappa shape index (κ2) is 10.3. The van der Waals surface area contributed by atoms with E-state index in [0.29, 0.717) is 10.7 Å². The van der Waals surface area contributed by atoms with Crippen LogP contribution in [0.25, 0.3) is 0 Å². The van der Waals surface area contributed by atoms with E-state index >= 15 is 0 Å². The minimum atomic E-state index is -0.799. The van der Waals surface area contributed by atoms with E-state index in [9.17, 15) is 14.4 Å². The Morgan fingerprint density at radius 3 is 2.43 bits per heavy atom. The van der Waals surface area contributed by atoms with Crippen molar-refractivity contribution in [3.05, 3.63) is 64.1 Å². The Labute approximate surface area is 171 Å². The minimum absolute atomic E-state index is 0.186. The van der Waals surface area contributed by atoms with Crippen LogP contribution in [0.2, 0.25) is 10.0 Å². The molecule has 0 bridgehead atoms. The van der Waals surface area contributed by atoms with Crippen molar-refractivity contribution in [1.29, 1.82) is 5.26 Å². The summed E-state index contributed by atoms with van der Waals surface area (Å²) < 4.78 is 4.88. The standard InChI is InChI=1S/C19H15Cl2N3O4/c20-15-7-6-13(10-16(15)21)19(27)23-11-18(26)28-12-17(25)24(9-8-22)14-4-2-1-3-5-14/h1-7,10H,9,11-12H2,(H,23,27). The van der Waals surface area contributed by atoms with E-state index in [1.54, 1.807) is 30.3 Å². The van der Waals surface area contributed by atoms with Crippen molar-refractivity contribution in [2.45, 2.75) is 0 Å². The average molecular weight is 420 g/mol. The summed E-state index contributed by atoms with van der Waals surface area (Å²) in [4.78, 5) is 37.2. The molecule has 0 aliphatic heterocycles. The molecule has 2 aromatic rings. The lowest BCUT2D eigenvalue weighted by Crippen LogP contribution is -2.37. The Morgan fingerprint density at radius 2 is 1.79 bits per heavy atom. The number of ether oxygens (including phenoxy) is 1. The molecule has 0 atom stereocenters. The van der Waals surface area contributed by atoms with E-state index in [-0.39, 0.29) is 17.1 Å². The van der Waals surface area contributed by atoms with Crippen LogP contribution in [0.4, 0.5) is 5.69 Å². The zero-order chi connectivity index (χ0) is 20.5. The Bertz CT molecular complexity index is 913. The number of anilines is 1. The van der Waals surface area contributed by atoms with Crippen LogP contribution in [-0.2, 0) is 14.3 Å². The van der Waals surface area contributed by atoms with Gasteiger partial charge in [-0.15, -0.1) is 0 Å². The highest BCUT2D eigenvalue weighted by atomic mass is 35.5. The highest BCUT2D eigenvalue weighted by Gasteiger charge is 2.18. The van der Waals surface area contributed by atoms with E-state index in [1.807, 2.05) is 6.07 Å². The van der Waals surface area contributed by atoms with Gasteiger partial charge in [0.25, 0.3) is 11.8 Å². The molecule has 0 fully saturated rings. The van der Waals surface area contributed by atoms with Gasteiger partial charge in [0.15, 0.2) is 6.61 Å². The molecule has 28 heavy (non-hydrogen) atoms. The molecule has 0 saturated heterocycles. The lowest BCUT2D eigenvalue weighted by Gasteiger charge is -2.19. The van der Waals surface area contributed by atoms with Crippen molar-refractivity contribution in [1.82, 2.24) is 5.32 Å². The highest BCUT2D eigenvalue weighted by Crippen LogP contribution is 2.22. The zero-order valence-electron chi connectivity index (χ0n) is 14.5. The van der Waals surface area contributed by atoms with Crippen molar-refractivity contribution < 1.29 is 19.1 Å². The lowest BCUT2D eigenvalue weighted by atomic mass is 10.2. The van der Waals surface area contributed by atoms with E-state index in [0.717, 1.165) is 0 Å². The zero-order valence-corrected chi connectivity index (χ0v) is 16.0. The molecule has 0 aliphatic carbocycles. The third kappa shape index (κ3) is 5.98. The summed E-state index contributed by atoms with van der Waals surface area (Å²) in [5.74, 6) is -1.90. The number of esters is 1. The van der Waals surface area contributed by atoms with Crippen LogP contribution in [0, 0.1) is 11.3 Å². The second-order valence-electron chi connectivity index (χ2n) is 5.45. The molecular formula is C19H15Cl2N3O4. The molecule has 0 aliphatic rings. The van der Waals surface area contributed by atoms with Gasteiger partial charge in [0.05, 0.1) is 16.1 Å². The second-order valence-corrected chi connectivity index (χ2v) is 6.26. The molecule has 1 N–H and O–H groups in total. The Kier molecular flexibility index (Phi) is 7.81. The van der Waals surface area contributed by atoms with Crippen molar-refractivity contribution in [2.75, 3.05) is 24.6 Å². The van der Waals surface area contributed by atoms with Crippen molar-refractivity contribution in [3.8, 4) is 6.07 Å². The van der Waals surface area contributed by atoms with Crippen LogP contribution in [0.15, 0.2) is 48.5 Å². The number of nitrogens with zero attached hydrogens (tertiary/aromatic N) is 2. The number of benzene rings is 2. The topological polar surface area (TPSA) is 99.5 Å². The lowest BCUT2D eigenvalue weighted by molar-refractivity contribution is -0.146. The Hall–Kier alpha value is -3.08. The largest absolute Gasteiger partial charge is 0.454 e. The molecule has 0 saturated carbocycles. The molecule has 0 unspecified atom stereocenters. The first kappa shape index (κ1) is 21.2. The number of carbonyl (C=O) groups excluding carboxylic acids is 3. The summed E-state index contributed by atoms with van der Waals surface area (Å²) >= 11 is 11.6. The predicted molar refractivity (Wildman–Crippen MR) is 104 cm³/mol. The van der Waals surface area contributed by atoms with Gasteiger partial charge < -0.3 is 10.1 Å². The van der Waals surface area contributed by atoms with Gasteiger partial charge >= 0.3 is 5.97 Å². The van der Waals surface area contributed by atoms with Gasteiger partial charge in [-0.05, 0) is 30.3 Å². The molecule has 0 heterocycles. The van der Waals surface area contributed by atoms with Gasteiger partial charge in [-0.1, -0.05) is 41.4 Å². The molecule has 0 spiro atoms. The molecule has 7 nitrogen and oxygen atoms in total. The number of carbonyl (C=O) groups is 3. The third-order valence-corrected chi connectivity index (χ3v) is 4.27. The van der Waals surface area contributed by atoms with Gasteiger partial charge in [0.2, 0.25) is 0 Å². The van der Waals surface area contributed by atoms with Crippen molar-refractivity contribution in [2.24, 2.45) is 0 Å². The van der Waals surface area contributed by atoms with Gasteiger partial charge in [0, 0.05) is 11.3 Å². The molecule has 2 rings (SSSR count). The summed E-state index contributed by atoms with van der Waals surface area (Å²) in [6.45, 7) is -1.18. The number of halogens is 2. The van der Waals surface area contributed by atoms with Crippen LogP contribution < -0.4 is 10.2 Å². The first-order chi connectivity index (χ1) is 13.4. The number of hydrogen-bond acceptors (Lipinski definition) is 5. The normalized spacial score (nSPS) is 9.89. The summed E-state index contributed by atoms with van der Waals surface area (Å²) in [5.41, 5.74) is 0.737. The summed E-state index contributed by atoms with van der Waals surface area (Å²) in [5, 5.41) is 11.8. The molecule has 0 radical (unpaired) electrons. The van der Waals surface area contributed by atoms with Crippen LogP contribution in [0.1, 0.15) is 10.4 Å². The van der Waals surface area contributed by atoms with Gasteiger partial charge in [-0.25, -0.2) is 0 Å². The van der Waals surface area contributed by atoms with E-state index < -0.39 is 30.9 Å². The highest BCUT2D eigenvalue weighted by molar-refractivity contribution is 6.42. The first-order valence-corrected chi connectivity index (χ1v) is 8.79. The molecule has 9 heteroatoms. The minimum Gasteiger partial charge on any atom is -0.454 e. The first-order valence-electron chi connectivity index (χ1n) is 8.03. The fraction of sp³-hybridized carbons (Fsp3) is 0.158. The average Bonchev–Trinajstić information content (AvgIpc) is 2.71. The van der Waals surface area contributed by atoms with Crippen LogP contribution >= 0.6 is 23.2 Å². The number of amides is 2. The van der Waals surface area contributed by atoms with Crippen molar-refractivity contribution >= 4 is 46.7 Å². The molecule has 144 valence electrons. The third-order valence-electron chi connectivity index (χ3n) is 3.53. The number of nitrogens with one attached hydrogen (secondary N) is 1. The quantitative estimate of drug-likeness (QED) is 0.549. The number of para-hydroxylation sites is 1. The van der Waals surface area contributed by atoms with Gasteiger partial charge in [0.1, 0.15) is 13.1 Å². The molecule has 0 aromatic heterocycles. The van der Waals surface area contributed by atoms with Crippen LogP contribution in [-0.4, -0.2) is 37.5 Å². The Morgan fingerprint density at radius 1 is 1.07 bits per heavy atom. The van der Waals surface area contributed by atoms with E-state index in [1.165, 1.54) is 23.1 Å². The molecule has 2 aromatic carbocycles. The SMILES string of the molecule is N#CCN(C(=O)COC(=O)CNC(=O)c1ccc(Cl)c(Cl)c1)c1ccccc1. The number of rotatable bonds is 7.